The molecule has 1 aliphatic carbocycles. The maximum atomic E-state index is 11.7. The van der Waals surface area contributed by atoms with E-state index >= 15 is 0 Å². The van der Waals surface area contributed by atoms with Gasteiger partial charge in [-0.3, -0.25) is 10.1 Å². The standard InChI is InChI=1S/C17H16N2O4/c1-17(14-9-18-15-6-4-3-5-13(14)15)11(10-20)7-12(23-2)8-16(17)19(21)22/h3-11,18H,1-2H3. The van der Waals surface area contributed by atoms with Gasteiger partial charge >= 0.3 is 0 Å². The Bertz CT molecular complexity index is 849. The minimum absolute atomic E-state index is 0.0568. The molecular formula is C17H16N2O4. The maximum absolute atomic E-state index is 11.7. The molecule has 0 radical (unpaired) electrons. The molecule has 1 aromatic carbocycles. The molecule has 2 aromatic rings. The molecule has 0 saturated carbocycles. The zero-order valence-electron chi connectivity index (χ0n) is 12.8. The van der Waals surface area contributed by atoms with Crippen molar-refractivity contribution in [2.24, 2.45) is 5.92 Å². The van der Waals surface area contributed by atoms with E-state index in [-0.39, 0.29) is 5.70 Å². The summed E-state index contributed by atoms with van der Waals surface area (Å²) in [4.78, 5) is 26.0. The molecule has 0 aliphatic heterocycles. The zero-order valence-corrected chi connectivity index (χ0v) is 12.8. The van der Waals surface area contributed by atoms with Gasteiger partial charge < -0.3 is 14.5 Å². The highest BCUT2D eigenvalue weighted by molar-refractivity contribution is 5.86. The Balaban J connectivity index is 2.28. The van der Waals surface area contributed by atoms with E-state index < -0.39 is 16.3 Å². The number of rotatable bonds is 4. The lowest BCUT2D eigenvalue weighted by atomic mass is 9.67. The Morgan fingerprint density at radius 2 is 2.13 bits per heavy atom. The summed E-state index contributed by atoms with van der Waals surface area (Å²) in [7, 11) is 1.43. The average molecular weight is 312 g/mol. The van der Waals surface area contributed by atoms with Crippen LogP contribution in [-0.4, -0.2) is 23.3 Å². The van der Waals surface area contributed by atoms with Crippen LogP contribution in [0.1, 0.15) is 12.5 Å². The first-order valence-corrected chi connectivity index (χ1v) is 7.16. The monoisotopic (exact) mass is 312 g/mol. The molecule has 1 aliphatic rings. The number of H-pyrrole nitrogens is 1. The Morgan fingerprint density at radius 3 is 2.78 bits per heavy atom. The third-order valence-electron chi connectivity index (χ3n) is 4.55. The van der Waals surface area contributed by atoms with Gasteiger partial charge in [0.2, 0.25) is 0 Å². The van der Waals surface area contributed by atoms with Crippen LogP contribution < -0.4 is 0 Å². The highest BCUT2D eigenvalue weighted by atomic mass is 16.6. The van der Waals surface area contributed by atoms with Gasteiger partial charge in [0, 0.05) is 17.1 Å². The second kappa shape index (κ2) is 5.39. The fourth-order valence-corrected chi connectivity index (χ4v) is 3.21. The van der Waals surface area contributed by atoms with Crippen molar-refractivity contribution in [3.8, 4) is 0 Å². The first-order chi connectivity index (χ1) is 11.0. The number of hydrogen-bond donors (Lipinski definition) is 1. The molecule has 1 N–H and O–H groups in total. The van der Waals surface area contributed by atoms with Crippen LogP contribution in [-0.2, 0) is 14.9 Å². The molecule has 3 rings (SSSR count). The Kier molecular flexibility index (Phi) is 3.52. The molecule has 2 atom stereocenters. The lowest BCUT2D eigenvalue weighted by Crippen LogP contribution is -2.39. The molecule has 0 saturated heterocycles. The normalized spacial score (nSPS) is 24.0. The summed E-state index contributed by atoms with van der Waals surface area (Å²) in [6, 6.07) is 7.54. The Hall–Kier alpha value is -2.89. The predicted molar refractivity (Wildman–Crippen MR) is 85.4 cm³/mol. The molecule has 2 unspecified atom stereocenters. The van der Waals surface area contributed by atoms with Crippen LogP contribution in [0.3, 0.4) is 0 Å². The second-order valence-corrected chi connectivity index (χ2v) is 5.67. The highest BCUT2D eigenvalue weighted by Crippen LogP contribution is 2.45. The lowest BCUT2D eigenvalue weighted by Gasteiger charge is -2.33. The maximum Gasteiger partial charge on any atom is 0.261 e. The van der Waals surface area contributed by atoms with Crippen molar-refractivity contribution in [2.45, 2.75) is 12.3 Å². The second-order valence-electron chi connectivity index (χ2n) is 5.67. The van der Waals surface area contributed by atoms with Crippen molar-refractivity contribution < 1.29 is 14.5 Å². The summed E-state index contributed by atoms with van der Waals surface area (Å²) < 4.78 is 5.12. The van der Waals surface area contributed by atoms with Crippen molar-refractivity contribution in [1.29, 1.82) is 0 Å². The van der Waals surface area contributed by atoms with E-state index in [4.69, 9.17) is 4.74 Å². The number of aldehydes is 1. The number of nitrogens with one attached hydrogen (secondary N) is 1. The minimum atomic E-state index is -1.08. The van der Waals surface area contributed by atoms with E-state index in [1.165, 1.54) is 13.2 Å². The fourth-order valence-electron chi connectivity index (χ4n) is 3.21. The summed E-state index contributed by atoms with van der Waals surface area (Å²) in [6.07, 6.45) is 5.49. The molecule has 23 heavy (non-hydrogen) atoms. The van der Waals surface area contributed by atoms with Crippen LogP contribution in [0.4, 0.5) is 0 Å². The third-order valence-corrected chi connectivity index (χ3v) is 4.55. The van der Waals surface area contributed by atoms with Crippen LogP contribution in [0.25, 0.3) is 10.9 Å². The number of aromatic nitrogens is 1. The quantitative estimate of drug-likeness (QED) is 0.534. The first kappa shape index (κ1) is 15.0. The van der Waals surface area contributed by atoms with Crippen LogP contribution in [0, 0.1) is 16.0 Å². The molecule has 0 spiro atoms. The van der Waals surface area contributed by atoms with Crippen molar-refractivity contribution in [3.63, 3.8) is 0 Å². The number of nitro groups is 1. The zero-order chi connectivity index (χ0) is 16.6. The predicted octanol–water partition coefficient (Wildman–Crippen LogP) is 2.95. The number of hydrogen-bond acceptors (Lipinski definition) is 4. The Morgan fingerprint density at radius 1 is 1.39 bits per heavy atom. The van der Waals surface area contributed by atoms with Gasteiger partial charge in [0.15, 0.2) is 0 Å². The molecule has 0 fully saturated rings. The number of methoxy groups -OCH3 is 1. The number of fused-ring (bicyclic) bond motifs is 1. The van der Waals surface area contributed by atoms with Crippen molar-refractivity contribution >= 4 is 17.2 Å². The molecular weight excluding hydrogens is 296 g/mol. The number of nitrogens with zero attached hydrogens (tertiary/aromatic N) is 1. The topological polar surface area (TPSA) is 85.2 Å². The third kappa shape index (κ3) is 2.14. The van der Waals surface area contributed by atoms with Gasteiger partial charge in [0.1, 0.15) is 12.0 Å². The smallest absolute Gasteiger partial charge is 0.261 e. The number of ether oxygens (including phenoxy) is 1. The SMILES string of the molecule is COC1=CC(C=O)C(C)(c2c[nH]c3ccccc23)C([N+](=O)[O-])=C1. The van der Waals surface area contributed by atoms with E-state index in [1.807, 2.05) is 24.3 Å². The number of para-hydroxylation sites is 1. The van der Waals surface area contributed by atoms with Gasteiger partial charge in [-0.1, -0.05) is 18.2 Å². The van der Waals surface area contributed by atoms with Crippen LogP contribution >= 0.6 is 0 Å². The number of benzene rings is 1. The summed E-state index contributed by atoms with van der Waals surface area (Å²) in [5.41, 5.74) is 0.461. The van der Waals surface area contributed by atoms with E-state index in [2.05, 4.69) is 4.98 Å². The average Bonchev–Trinajstić information content (AvgIpc) is 2.99. The molecule has 118 valence electrons. The minimum Gasteiger partial charge on any atom is -0.497 e. The molecule has 1 aromatic heterocycles. The van der Waals surface area contributed by atoms with Crippen molar-refractivity contribution in [2.75, 3.05) is 7.11 Å². The van der Waals surface area contributed by atoms with Gasteiger partial charge in [-0.05, 0) is 24.6 Å². The largest absolute Gasteiger partial charge is 0.497 e. The van der Waals surface area contributed by atoms with Crippen molar-refractivity contribution in [3.05, 3.63) is 69.7 Å². The summed E-state index contributed by atoms with van der Waals surface area (Å²) in [5, 5.41) is 12.5. The molecule has 6 heteroatoms. The lowest BCUT2D eigenvalue weighted by molar-refractivity contribution is -0.436. The highest BCUT2D eigenvalue weighted by Gasteiger charge is 2.49. The number of carbonyl (C=O) groups excluding carboxylic acids is 1. The van der Waals surface area contributed by atoms with Gasteiger partial charge in [0.05, 0.1) is 29.4 Å². The van der Waals surface area contributed by atoms with E-state index in [0.29, 0.717) is 5.76 Å². The molecule has 0 amide bonds. The van der Waals surface area contributed by atoms with E-state index in [0.717, 1.165) is 22.8 Å². The fraction of sp³-hybridized carbons (Fsp3) is 0.235. The van der Waals surface area contributed by atoms with Crippen molar-refractivity contribution in [1.82, 2.24) is 4.98 Å². The Labute approximate surface area is 132 Å². The molecule has 6 nitrogen and oxygen atoms in total. The van der Waals surface area contributed by atoms with Crippen LogP contribution in [0.2, 0.25) is 0 Å². The first-order valence-electron chi connectivity index (χ1n) is 7.16. The van der Waals surface area contributed by atoms with Gasteiger partial charge in [-0.15, -0.1) is 0 Å². The summed E-state index contributed by atoms with van der Waals surface area (Å²) >= 11 is 0. The van der Waals surface area contributed by atoms with Gasteiger partial charge in [0.25, 0.3) is 5.70 Å². The number of carbonyl (C=O) groups is 1. The van der Waals surface area contributed by atoms with E-state index in [9.17, 15) is 14.9 Å². The number of allylic oxidation sites excluding steroid dienone is 3. The number of aromatic amines is 1. The molecule has 0 bridgehead atoms. The summed E-state index contributed by atoms with van der Waals surface area (Å²) in [6.45, 7) is 1.72. The van der Waals surface area contributed by atoms with Crippen LogP contribution in [0.5, 0.6) is 0 Å². The summed E-state index contributed by atoms with van der Waals surface area (Å²) in [5.74, 6) is -0.367. The van der Waals surface area contributed by atoms with Gasteiger partial charge in [-0.2, -0.15) is 0 Å². The van der Waals surface area contributed by atoms with Crippen LogP contribution in [0.15, 0.2) is 54.1 Å². The van der Waals surface area contributed by atoms with E-state index in [1.54, 1.807) is 19.2 Å². The molecule has 1 heterocycles. The van der Waals surface area contributed by atoms with Gasteiger partial charge in [-0.25, -0.2) is 0 Å².